The summed E-state index contributed by atoms with van der Waals surface area (Å²) in [4.78, 5) is 4.08. The number of pyridine rings is 1. The van der Waals surface area contributed by atoms with Crippen molar-refractivity contribution in [3.63, 3.8) is 0 Å². The summed E-state index contributed by atoms with van der Waals surface area (Å²) in [7, 11) is 0. The summed E-state index contributed by atoms with van der Waals surface area (Å²) < 4.78 is 5.76. The zero-order valence-corrected chi connectivity index (χ0v) is 13.5. The van der Waals surface area contributed by atoms with Gasteiger partial charge >= 0.3 is 0 Å². The predicted octanol–water partition coefficient (Wildman–Crippen LogP) is 4.11. The number of ether oxygens (including phenoxy) is 1. The molecule has 0 unspecified atom stereocenters. The summed E-state index contributed by atoms with van der Waals surface area (Å²) in [6.45, 7) is 1.51. The van der Waals surface area contributed by atoms with Crippen molar-refractivity contribution in [2.24, 2.45) is 0 Å². The van der Waals surface area contributed by atoms with Gasteiger partial charge in [-0.2, -0.15) is 0 Å². The van der Waals surface area contributed by atoms with E-state index in [0.717, 1.165) is 17.9 Å². The Hall–Kier alpha value is -1.58. The largest absolute Gasteiger partial charge is 0.489 e. The van der Waals surface area contributed by atoms with Crippen molar-refractivity contribution in [3.8, 4) is 5.75 Å². The quantitative estimate of drug-likeness (QED) is 0.870. The van der Waals surface area contributed by atoms with Gasteiger partial charge in [-0.1, -0.05) is 31.0 Å². The second kappa shape index (κ2) is 8.76. The van der Waals surface area contributed by atoms with E-state index in [1.807, 2.05) is 30.5 Å². The minimum Gasteiger partial charge on any atom is -0.489 e. The monoisotopic (exact) mass is 318 g/mol. The maximum absolute atomic E-state index is 5.76. The molecule has 0 spiro atoms. The molecule has 1 heterocycles. The summed E-state index contributed by atoms with van der Waals surface area (Å²) in [5.41, 5.74) is 2.40. The first-order valence-corrected chi connectivity index (χ1v) is 7.74. The normalized spacial score (nSPS) is 14.5. The second-order valence-corrected chi connectivity index (χ2v) is 5.66. The van der Waals surface area contributed by atoms with Crippen LogP contribution in [0.3, 0.4) is 0 Å². The topological polar surface area (TPSA) is 34.1 Å². The number of hydrogen-bond acceptors (Lipinski definition) is 3. The van der Waals surface area contributed by atoms with Gasteiger partial charge in [0.1, 0.15) is 12.4 Å². The highest BCUT2D eigenvalue weighted by molar-refractivity contribution is 5.85. The Kier molecular flexibility index (Phi) is 6.69. The van der Waals surface area contributed by atoms with Crippen molar-refractivity contribution in [1.82, 2.24) is 10.3 Å². The number of benzene rings is 1. The summed E-state index contributed by atoms with van der Waals surface area (Å²) in [5.74, 6) is 0.906. The standard InChI is InChI=1S/C18H22N2O.ClH/c1-2-6-17(5-1)20-13-15-7-9-18(10-8-15)21-14-16-4-3-11-19-12-16;/h3-4,7-12,17,20H,1-2,5-6,13-14H2;1H. The number of nitrogens with one attached hydrogen (secondary N) is 1. The Morgan fingerprint density at radius 3 is 2.50 bits per heavy atom. The van der Waals surface area contributed by atoms with Gasteiger partial charge in [-0.15, -0.1) is 12.4 Å². The smallest absolute Gasteiger partial charge is 0.119 e. The Morgan fingerprint density at radius 2 is 1.82 bits per heavy atom. The molecule has 1 saturated carbocycles. The van der Waals surface area contributed by atoms with E-state index in [0.29, 0.717) is 12.6 Å². The van der Waals surface area contributed by atoms with Crippen LogP contribution in [-0.2, 0) is 13.2 Å². The molecule has 1 aliphatic rings. The third-order valence-corrected chi connectivity index (χ3v) is 4.00. The van der Waals surface area contributed by atoms with Gasteiger partial charge in [0.25, 0.3) is 0 Å². The number of halogens is 1. The zero-order chi connectivity index (χ0) is 14.3. The van der Waals surface area contributed by atoms with Crippen LogP contribution < -0.4 is 10.1 Å². The van der Waals surface area contributed by atoms with Gasteiger partial charge in [0.2, 0.25) is 0 Å². The Balaban J connectivity index is 0.00000176. The molecule has 1 aromatic heterocycles. The van der Waals surface area contributed by atoms with Gasteiger partial charge in [0, 0.05) is 30.5 Å². The molecule has 1 fully saturated rings. The third-order valence-electron chi connectivity index (χ3n) is 4.00. The second-order valence-electron chi connectivity index (χ2n) is 5.66. The maximum atomic E-state index is 5.76. The summed E-state index contributed by atoms with van der Waals surface area (Å²) in [5, 5.41) is 3.63. The lowest BCUT2D eigenvalue weighted by atomic mass is 10.2. The van der Waals surface area contributed by atoms with Crippen molar-refractivity contribution in [3.05, 3.63) is 59.9 Å². The van der Waals surface area contributed by atoms with Crippen LogP contribution in [-0.4, -0.2) is 11.0 Å². The van der Waals surface area contributed by atoms with Crippen LogP contribution in [0, 0.1) is 0 Å². The average molecular weight is 319 g/mol. The Labute approximate surface area is 138 Å². The van der Waals surface area contributed by atoms with Gasteiger partial charge in [0.15, 0.2) is 0 Å². The van der Waals surface area contributed by atoms with E-state index in [2.05, 4.69) is 22.4 Å². The highest BCUT2D eigenvalue weighted by atomic mass is 35.5. The lowest BCUT2D eigenvalue weighted by Crippen LogP contribution is -2.25. The van der Waals surface area contributed by atoms with Crippen molar-refractivity contribution in [2.45, 2.75) is 44.9 Å². The van der Waals surface area contributed by atoms with Crippen molar-refractivity contribution >= 4 is 12.4 Å². The zero-order valence-electron chi connectivity index (χ0n) is 12.7. The molecule has 1 N–H and O–H groups in total. The van der Waals surface area contributed by atoms with Crippen molar-refractivity contribution in [2.75, 3.05) is 0 Å². The van der Waals surface area contributed by atoms with Crippen LogP contribution >= 0.6 is 12.4 Å². The SMILES string of the molecule is Cl.c1cncc(COc2ccc(CNC3CCCC3)cc2)c1. The van der Waals surface area contributed by atoms with Crippen LogP contribution in [0.15, 0.2) is 48.8 Å². The Morgan fingerprint density at radius 1 is 1.05 bits per heavy atom. The van der Waals surface area contributed by atoms with E-state index in [4.69, 9.17) is 4.74 Å². The van der Waals surface area contributed by atoms with Crippen LogP contribution in [0.2, 0.25) is 0 Å². The molecule has 4 heteroatoms. The predicted molar refractivity (Wildman–Crippen MR) is 91.4 cm³/mol. The molecule has 3 rings (SSSR count). The fourth-order valence-corrected chi connectivity index (χ4v) is 2.75. The summed E-state index contributed by atoms with van der Waals surface area (Å²) in [6, 6.07) is 13.0. The third kappa shape index (κ3) is 5.00. The number of rotatable bonds is 6. The minimum absolute atomic E-state index is 0. The van der Waals surface area contributed by atoms with Gasteiger partial charge in [-0.3, -0.25) is 4.98 Å². The van der Waals surface area contributed by atoms with E-state index < -0.39 is 0 Å². The van der Waals surface area contributed by atoms with Crippen molar-refractivity contribution in [1.29, 1.82) is 0 Å². The number of hydrogen-bond donors (Lipinski definition) is 1. The highest BCUT2D eigenvalue weighted by Gasteiger charge is 2.13. The first-order chi connectivity index (χ1) is 10.4. The fraction of sp³-hybridized carbons (Fsp3) is 0.389. The van der Waals surface area contributed by atoms with Gasteiger partial charge < -0.3 is 10.1 Å². The van der Waals surface area contributed by atoms with E-state index in [1.54, 1.807) is 6.20 Å². The molecular weight excluding hydrogens is 296 g/mol. The summed E-state index contributed by atoms with van der Waals surface area (Å²) in [6.07, 6.45) is 9.01. The molecule has 0 aliphatic heterocycles. The maximum Gasteiger partial charge on any atom is 0.119 e. The fourth-order valence-electron chi connectivity index (χ4n) is 2.75. The summed E-state index contributed by atoms with van der Waals surface area (Å²) >= 11 is 0. The number of aromatic nitrogens is 1. The van der Waals surface area contributed by atoms with Crippen molar-refractivity contribution < 1.29 is 4.74 Å². The first-order valence-electron chi connectivity index (χ1n) is 7.74. The highest BCUT2D eigenvalue weighted by Crippen LogP contribution is 2.19. The minimum atomic E-state index is 0. The van der Waals surface area contributed by atoms with Crippen LogP contribution in [0.25, 0.3) is 0 Å². The first kappa shape index (κ1) is 16.8. The van der Waals surface area contributed by atoms with E-state index in [-0.39, 0.29) is 12.4 Å². The van der Waals surface area contributed by atoms with Gasteiger partial charge in [-0.25, -0.2) is 0 Å². The lowest BCUT2D eigenvalue weighted by molar-refractivity contribution is 0.305. The molecule has 1 aliphatic carbocycles. The molecule has 3 nitrogen and oxygen atoms in total. The van der Waals surface area contributed by atoms with Crippen LogP contribution in [0.4, 0.5) is 0 Å². The Bertz CT molecular complexity index is 539. The van der Waals surface area contributed by atoms with E-state index in [9.17, 15) is 0 Å². The van der Waals surface area contributed by atoms with E-state index >= 15 is 0 Å². The lowest BCUT2D eigenvalue weighted by Gasteiger charge is -2.12. The van der Waals surface area contributed by atoms with Gasteiger partial charge in [-0.05, 0) is 36.6 Å². The molecule has 118 valence electrons. The molecule has 1 aromatic carbocycles. The molecule has 0 bridgehead atoms. The molecule has 0 atom stereocenters. The number of nitrogens with zero attached hydrogens (tertiary/aromatic N) is 1. The average Bonchev–Trinajstić information content (AvgIpc) is 3.06. The van der Waals surface area contributed by atoms with Gasteiger partial charge in [0.05, 0.1) is 0 Å². The molecule has 2 aromatic rings. The molecular formula is C18H23ClN2O. The van der Waals surface area contributed by atoms with Crippen LogP contribution in [0.1, 0.15) is 36.8 Å². The molecule has 0 radical (unpaired) electrons. The van der Waals surface area contributed by atoms with Crippen LogP contribution in [0.5, 0.6) is 5.75 Å². The molecule has 22 heavy (non-hydrogen) atoms. The molecule has 0 saturated heterocycles. The molecule has 0 amide bonds. The van der Waals surface area contributed by atoms with E-state index in [1.165, 1.54) is 31.2 Å².